The highest BCUT2D eigenvalue weighted by molar-refractivity contribution is 5.96. The molecule has 3 aromatic rings. The first-order valence-corrected chi connectivity index (χ1v) is 7.32. The summed E-state index contributed by atoms with van der Waals surface area (Å²) in [6, 6.07) is 18.2. The summed E-state index contributed by atoms with van der Waals surface area (Å²) in [4.78, 5) is 26.7. The number of amides is 1. The molecule has 1 aromatic heterocycles. The average Bonchev–Trinajstić information content (AvgIpc) is 2.59. The van der Waals surface area contributed by atoms with Gasteiger partial charge in [-0.05, 0) is 29.7 Å². The fourth-order valence-electron chi connectivity index (χ4n) is 2.28. The van der Waals surface area contributed by atoms with E-state index in [-0.39, 0.29) is 17.2 Å². The summed E-state index contributed by atoms with van der Waals surface area (Å²) in [6.07, 6.45) is 0. The summed E-state index contributed by atoms with van der Waals surface area (Å²) in [5, 5.41) is 4.03. The Kier molecular flexibility index (Phi) is 4.38. The van der Waals surface area contributed by atoms with Crippen LogP contribution in [0.25, 0.3) is 10.8 Å². The number of H-pyrrole nitrogens is 1. The molecule has 0 radical (unpaired) electrons. The maximum absolute atomic E-state index is 12.1. The molecule has 0 saturated carbocycles. The molecule has 0 bridgehead atoms. The highest BCUT2D eigenvalue weighted by Gasteiger charge is 2.08. The number of pyridine rings is 1. The zero-order chi connectivity index (χ0) is 16.1. The van der Waals surface area contributed by atoms with Crippen LogP contribution in [0.2, 0.25) is 0 Å². The molecule has 2 N–H and O–H groups in total. The summed E-state index contributed by atoms with van der Waals surface area (Å²) in [7, 11) is 0. The molecule has 3 rings (SSSR count). The molecule has 0 aliphatic heterocycles. The molecule has 1 heterocycles. The van der Waals surface area contributed by atoms with Crippen molar-refractivity contribution in [1.82, 2.24) is 10.3 Å². The smallest absolute Gasteiger partial charge is 0.267 e. The van der Waals surface area contributed by atoms with Gasteiger partial charge in [-0.25, -0.2) is 0 Å². The monoisotopic (exact) mass is 308 g/mol. The van der Waals surface area contributed by atoms with Gasteiger partial charge in [-0.15, -0.1) is 0 Å². The van der Waals surface area contributed by atoms with Gasteiger partial charge in [0.15, 0.2) is 0 Å². The highest BCUT2D eigenvalue weighted by Crippen LogP contribution is 2.10. The molecule has 0 fully saturated rings. The third kappa shape index (κ3) is 3.58. The molecule has 0 saturated heterocycles. The average molecular weight is 308 g/mol. The molecule has 0 atom stereocenters. The molecule has 0 unspecified atom stereocenters. The number of carbonyl (C=O) groups is 1. The molecule has 2 aromatic carbocycles. The van der Waals surface area contributed by atoms with Crippen molar-refractivity contribution in [3.8, 4) is 5.75 Å². The van der Waals surface area contributed by atoms with Gasteiger partial charge in [-0.3, -0.25) is 9.59 Å². The van der Waals surface area contributed by atoms with E-state index in [1.807, 2.05) is 36.4 Å². The van der Waals surface area contributed by atoms with Gasteiger partial charge >= 0.3 is 0 Å². The predicted octanol–water partition coefficient (Wildman–Crippen LogP) is 2.34. The quantitative estimate of drug-likeness (QED) is 0.711. The second-order valence-electron chi connectivity index (χ2n) is 5.02. The zero-order valence-corrected chi connectivity index (χ0v) is 12.4. The Labute approximate surface area is 132 Å². The zero-order valence-electron chi connectivity index (χ0n) is 12.4. The summed E-state index contributed by atoms with van der Waals surface area (Å²) < 4.78 is 5.50. The summed E-state index contributed by atoms with van der Waals surface area (Å²) in [5.74, 6) is 0.422. The van der Waals surface area contributed by atoms with Crippen molar-refractivity contribution in [2.24, 2.45) is 0 Å². The van der Waals surface area contributed by atoms with Crippen LogP contribution < -0.4 is 15.6 Å². The van der Waals surface area contributed by atoms with Crippen molar-refractivity contribution in [2.75, 3.05) is 13.2 Å². The second kappa shape index (κ2) is 6.79. The van der Waals surface area contributed by atoms with E-state index in [1.165, 1.54) is 0 Å². The molecule has 116 valence electrons. The van der Waals surface area contributed by atoms with Crippen LogP contribution >= 0.6 is 0 Å². The Balaban J connectivity index is 1.61. The van der Waals surface area contributed by atoms with Crippen LogP contribution in [-0.4, -0.2) is 24.0 Å². The molecule has 1 amide bonds. The third-order valence-corrected chi connectivity index (χ3v) is 3.40. The lowest BCUT2D eigenvalue weighted by Gasteiger charge is -2.08. The molecule has 0 aliphatic carbocycles. The van der Waals surface area contributed by atoms with Crippen LogP contribution in [0.4, 0.5) is 0 Å². The van der Waals surface area contributed by atoms with E-state index in [0.717, 1.165) is 11.1 Å². The van der Waals surface area contributed by atoms with Crippen molar-refractivity contribution in [1.29, 1.82) is 0 Å². The minimum Gasteiger partial charge on any atom is -0.492 e. The summed E-state index contributed by atoms with van der Waals surface area (Å²) in [6.45, 7) is 0.705. The number of nitrogens with one attached hydrogen (secondary N) is 2. The number of aromatic nitrogens is 1. The topological polar surface area (TPSA) is 71.2 Å². The van der Waals surface area contributed by atoms with E-state index >= 15 is 0 Å². The number of hydrogen-bond donors (Lipinski definition) is 2. The first-order chi connectivity index (χ1) is 11.2. The van der Waals surface area contributed by atoms with E-state index in [9.17, 15) is 9.59 Å². The number of rotatable bonds is 5. The van der Waals surface area contributed by atoms with Crippen LogP contribution in [0.5, 0.6) is 5.75 Å². The number of para-hydroxylation sites is 1. The number of aromatic amines is 1. The van der Waals surface area contributed by atoms with Crippen molar-refractivity contribution in [2.45, 2.75) is 0 Å². The summed E-state index contributed by atoms with van der Waals surface area (Å²) >= 11 is 0. The number of fused-ring (bicyclic) bond motifs is 1. The lowest BCUT2D eigenvalue weighted by atomic mass is 10.1. The fourth-order valence-corrected chi connectivity index (χ4v) is 2.28. The van der Waals surface area contributed by atoms with Crippen LogP contribution in [0.3, 0.4) is 0 Å². The lowest BCUT2D eigenvalue weighted by Crippen LogP contribution is -2.30. The van der Waals surface area contributed by atoms with Gasteiger partial charge in [-0.2, -0.15) is 0 Å². The third-order valence-electron chi connectivity index (χ3n) is 3.40. The molecule has 0 spiro atoms. The largest absolute Gasteiger partial charge is 0.492 e. The number of benzene rings is 2. The van der Waals surface area contributed by atoms with Gasteiger partial charge in [0, 0.05) is 5.39 Å². The molecular formula is C18H16N2O3. The van der Waals surface area contributed by atoms with Crippen LogP contribution in [0, 0.1) is 0 Å². The van der Waals surface area contributed by atoms with Crippen molar-refractivity contribution in [3.63, 3.8) is 0 Å². The molecular weight excluding hydrogens is 292 g/mol. The molecule has 5 heteroatoms. The molecule has 0 aliphatic rings. The minimum atomic E-state index is -0.329. The van der Waals surface area contributed by atoms with Gasteiger partial charge in [0.05, 0.1) is 6.54 Å². The number of carbonyl (C=O) groups excluding carboxylic acids is 1. The Morgan fingerprint density at radius 2 is 1.78 bits per heavy atom. The van der Waals surface area contributed by atoms with Gasteiger partial charge in [0.2, 0.25) is 0 Å². The van der Waals surface area contributed by atoms with Crippen molar-refractivity contribution < 1.29 is 9.53 Å². The number of ether oxygens (including phenoxy) is 1. The van der Waals surface area contributed by atoms with E-state index in [2.05, 4.69) is 10.3 Å². The Hall–Kier alpha value is -3.08. The fraction of sp³-hybridized carbons (Fsp3) is 0.111. The van der Waals surface area contributed by atoms with E-state index in [1.54, 1.807) is 24.3 Å². The van der Waals surface area contributed by atoms with Gasteiger partial charge in [0.1, 0.15) is 18.1 Å². The van der Waals surface area contributed by atoms with Crippen molar-refractivity contribution in [3.05, 3.63) is 76.7 Å². The second-order valence-corrected chi connectivity index (χ2v) is 5.02. The normalized spacial score (nSPS) is 10.4. The van der Waals surface area contributed by atoms with Crippen LogP contribution in [-0.2, 0) is 0 Å². The maximum Gasteiger partial charge on any atom is 0.267 e. The Morgan fingerprint density at radius 1 is 1.04 bits per heavy atom. The van der Waals surface area contributed by atoms with Gasteiger partial charge in [-0.1, -0.05) is 36.4 Å². The predicted molar refractivity (Wildman–Crippen MR) is 88.8 cm³/mol. The van der Waals surface area contributed by atoms with Crippen molar-refractivity contribution >= 4 is 16.7 Å². The standard InChI is InChI=1S/C18H16N2O3/c21-17-15-9-5-4-6-13(15)12-16(20-17)18(22)19-10-11-23-14-7-2-1-3-8-14/h1-9,12H,10-11H2,(H,19,22)(H,20,21). The lowest BCUT2D eigenvalue weighted by molar-refractivity contribution is 0.0942. The first-order valence-electron chi connectivity index (χ1n) is 7.32. The maximum atomic E-state index is 12.1. The Morgan fingerprint density at radius 3 is 2.61 bits per heavy atom. The van der Waals surface area contributed by atoms with E-state index in [4.69, 9.17) is 4.74 Å². The van der Waals surface area contributed by atoms with Crippen LogP contribution in [0.15, 0.2) is 65.5 Å². The van der Waals surface area contributed by atoms with Gasteiger partial charge < -0.3 is 15.0 Å². The molecule has 5 nitrogen and oxygen atoms in total. The summed E-state index contributed by atoms with van der Waals surface area (Å²) in [5.41, 5.74) is -0.0257. The number of hydrogen-bond acceptors (Lipinski definition) is 3. The SMILES string of the molecule is O=C(NCCOc1ccccc1)c1cc2ccccc2c(=O)[nH]1. The highest BCUT2D eigenvalue weighted by atomic mass is 16.5. The van der Waals surface area contributed by atoms with E-state index < -0.39 is 0 Å². The molecule has 23 heavy (non-hydrogen) atoms. The first kappa shape index (κ1) is 14.8. The van der Waals surface area contributed by atoms with E-state index in [0.29, 0.717) is 18.5 Å². The van der Waals surface area contributed by atoms with Crippen LogP contribution in [0.1, 0.15) is 10.5 Å². The minimum absolute atomic E-state index is 0.244. The van der Waals surface area contributed by atoms with Gasteiger partial charge in [0.25, 0.3) is 11.5 Å². The Bertz CT molecular complexity index is 872.